The molecule has 1 unspecified atom stereocenters. The van der Waals surface area contributed by atoms with Gasteiger partial charge in [-0.05, 0) is 53.5 Å². The first-order valence-corrected chi connectivity index (χ1v) is 6.47. The van der Waals surface area contributed by atoms with Gasteiger partial charge in [-0.2, -0.15) is 0 Å². The lowest BCUT2D eigenvalue weighted by molar-refractivity contribution is 0.466. The van der Waals surface area contributed by atoms with Crippen LogP contribution in [0.15, 0.2) is 18.3 Å². The van der Waals surface area contributed by atoms with Gasteiger partial charge in [-0.25, -0.2) is 4.98 Å². The number of nitrogens with zero attached hydrogens (tertiary/aromatic N) is 1. The average molecular weight is 354 g/mol. The highest BCUT2D eigenvalue weighted by atomic mass is 127. The van der Waals surface area contributed by atoms with Crippen LogP contribution in [0.5, 0.6) is 0 Å². The van der Waals surface area contributed by atoms with Gasteiger partial charge in [-0.15, -0.1) is 12.4 Å². The molecule has 1 heterocycles. The Hall–Kier alpha value is -0.0700. The zero-order valence-corrected chi connectivity index (χ0v) is 12.0. The Morgan fingerprint density at radius 3 is 2.62 bits per heavy atom. The summed E-state index contributed by atoms with van der Waals surface area (Å²) in [5, 5.41) is 3.27. The van der Waals surface area contributed by atoms with Crippen molar-refractivity contribution in [1.82, 2.24) is 4.98 Å². The second-order valence-corrected chi connectivity index (χ2v) is 5.32. The molecular weight excluding hydrogens is 336 g/mol. The second-order valence-electron chi connectivity index (χ2n) is 4.08. The minimum absolute atomic E-state index is 0. The Bertz CT molecular complexity index is 312. The van der Waals surface area contributed by atoms with Gasteiger partial charge < -0.3 is 11.1 Å². The van der Waals surface area contributed by atoms with Gasteiger partial charge in [-0.3, -0.25) is 0 Å². The first-order valence-electron chi connectivity index (χ1n) is 5.39. The number of hydrogen-bond acceptors (Lipinski definition) is 3. The third kappa shape index (κ3) is 3.75. The normalized spacial score (nSPS) is 17.9. The van der Waals surface area contributed by atoms with Gasteiger partial charge in [0.15, 0.2) is 0 Å². The SMILES string of the molecule is Cl.NC(Nc1ccc(I)cn1)C1CCCC1. The third-order valence-electron chi connectivity index (χ3n) is 2.95. The molecule has 90 valence electrons. The van der Waals surface area contributed by atoms with Crippen LogP contribution in [0.1, 0.15) is 25.7 Å². The predicted molar refractivity (Wildman–Crippen MR) is 77.8 cm³/mol. The fourth-order valence-electron chi connectivity index (χ4n) is 2.07. The highest BCUT2D eigenvalue weighted by molar-refractivity contribution is 14.1. The molecule has 3 nitrogen and oxygen atoms in total. The topological polar surface area (TPSA) is 50.9 Å². The van der Waals surface area contributed by atoms with Gasteiger partial charge >= 0.3 is 0 Å². The van der Waals surface area contributed by atoms with Gasteiger partial charge in [0.1, 0.15) is 5.82 Å². The van der Waals surface area contributed by atoms with Crippen LogP contribution < -0.4 is 11.1 Å². The van der Waals surface area contributed by atoms with Crippen molar-refractivity contribution in [3.63, 3.8) is 0 Å². The number of aromatic nitrogens is 1. The van der Waals surface area contributed by atoms with Crippen LogP contribution in [0.3, 0.4) is 0 Å². The Kier molecular flexibility index (Phi) is 5.78. The van der Waals surface area contributed by atoms with Crippen LogP contribution in [0.25, 0.3) is 0 Å². The van der Waals surface area contributed by atoms with Crippen molar-refractivity contribution in [2.75, 3.05) is 5.32 Å². The summed E-state index contributed by atoms with van der Waals surface area (Å²) in [7, 11) is 0. The fraction of sp³-hybridized carbons (Fsp3) is 0.545. The Morgan fingerprint density at radius 1 is 1.38 bits per heavy atom. The lowest BCUT2D eigenvalue weighted by Crippen LogP contribution is -2.36. The van der Waals surface area contributed by atoms with Crippen molar-refractivity contribution in [1.29, 1.82) is 0 Å². The average Bonchev–Trinajstić information content (AvgIpc) is 2.74. The predicted octanol–water partition coefficient (Wildman–Crippen LogP) is 2.99. The van der Waals surface area contributed by atoms with Gasteiger partial charge in [-0.1, -0.05) is 12.8 Å². The summed E-state index contributed by atoms with van der Waals surface area (Å²) in [5.41, 5.74) is 6.10. The molecule has 5 heteroatoms. The molecule has 1 aromatic heterocycles. The van der Waals surface area contributed by atoms with Gasteiger partial charge in [0.25, 0.3) is 0 Å². The van der Waals surface area contributed by atoms with Crippen LogP contribution in [0.4, 0.5) is 5.82 Å². The van der Waals surface area contributed by atoms with E-state index in [1.165, 1.54) is 25.7 Å². The zero-order chi connectivity index (χ0) is 10.7. The molecule has 0 saturated heterocycles. The molecule has 3 N–H and O–H groups in total. The molecule has 0 aromatic carbocycles. The van der Waals surface area contributed by atoms with E-state index in [1.54, 1.807) is 0 Å². The van der Waals surface area contributed by atoms with Crippen LogP contribution in [-0.2, 0) is 0 Å². The quantitative estimate of drug-likeness (QED) is 0.649. The smallest absolute Gasteiger partial charge is 0.127 e. The largest absolute Gasteiger partial charge is 0.355 e. The summed E-state index contributed by atoms with van der Waals surface area (Å²) >= 11 is 2.25. The van der Waals surface area contributed by atoms with E-state index in [0.29, 0.717) is 5.92 Å². The van der Waals surface area contributed by atoms with E-state index in [9.17, 15) is 0 Å². The number of nitrogens with one attached hydrogen (secondary N) is 1. The number of rotatable bonds is 3. The standard InChI is InChI=1S/C11H16IN3.ClH/c12-9-5-6-10(14-7-9)15-11(13)8-3-1-2-4-8;/h5-8,11H,1-4,13H2,(H,14,15);1H. The molecule has 16 heavy (non-hydrogen) atoms. The Balaban J connectivity index is 0.00000128. The van der Waals surface area contributed by atoms with Gasteiger partial charge in [0.2, 0.25) is 0 Å². The molecular formula is C11H17ClIN3. The summed E-state index contributed by atoms with van der Waals surface area (Å²) in [6, 6.07) is 4.02. The molecule has 0 spiro atoms. The maximum absolute atomic E-state index is 6.10. The maximum Gasteiger partial charge on any atom is 0.127 e. The molecule has 0 bridgehead atoms. The van der Waals surface area contributed by atoms with Crippen molar-refractivity contribution in [2.24, 2.45) is 11.7 Å². The third-order valence-corrected chi connectivity index (χ3v) is 3.59. The monoisotopic (exact) mass is 353 g/mol. The highest BCUT2D eigenvalue weighted by Gasteiger charge is 2.21. The summed E-state index contributed by atoms with van der Waals surface area (Å²) < 4.78 is 1.15. The van der Waals surface area contributed by atoms with E-state index in [4.69, 9.17) is 5.73 Å². The molecule has 0 radical (unpaired) electrons. The molecule has 1 saturated carbocycles. The zero-order valence-electron chi connectivity index (χ0n) is 9.03. The van der Waals surface area contributed by atoms with Crippen molar-refractivity contribution < 1.29 is 0 Å². The van der Waals surface area contributed by atoms with Crippen molar-refractivity contribution in [3.8, 4) is 0 Å². The number of nitrogens with two attached hydrogens (primary N) is 1. The van der Waals surface area contributed by atoms with E-state index < -0.39 is 0 Å². The summed E-state index contributed by atoms with van der Waals surface area (Å²) in [6.45, 7) is 0. The molecule has 0 amide bonds. The number of pyridine rings is 1. The van der Waals surface area contributed by atoms with Crippen molar-refractivity contribution in [3.05, 3.63) is 21.9 Å². The molecule has 1 aliphatic rings. The highest BCUT2D eigenvalue weighted by Crippen LogP contribution is 2.27. The van der Waals surface area contributed by atoms with Crippen molar-refractivity contribution >= 4 is 40.8 Å². The summed E-state index contributed by atoms with van der Waals surface area (Å²) in [4.78, 5) is 4.29. The second kappa shape index (κ2) is 6.61. The number of hydrogen-bond donors (Lipinski definition) is 2. The molecule has 2 rings (SSSR count). The molecule has 1 atom stereocenters. The Morgan fingerprint density at radius 2 is 2.06 bits per heavy atom. The molecule has 1 fully saturated rings. The lowest BCUT2D eigenvalue weighted by Gasteiger charge is -2.20. The van der Waals surface area contributed by atoms with E-state index in [0.717, 1.165) is 9.39 Å². The van der Waals surface area contributed by atoms with Crippen molar-refractivity contribution in [2.45, 2.75) is 31.8 Å². The first-order chi connectivity index (χ1) is 7.25. The van der Waals surface area contributed by atoms with E-state index in [2.05, 4.69) is 32.9 Å². The first kappa shape index (κ1) is 14.0. The number of anilines is 1. The number of halogens is 2. The van der Waals surface area contributed by atoms with Crippen LogP contribution in [-0.4, -0.2) is 11.1 Å². The van der Waals surface area contributed by atoms with Crippen LogP contribution in [0.2, 0.25) is 0 Å². The van der Waals surface area contributed by atoms with Gasteiger partial charge in [0.05, 0.1) is 6.17 Å². The van der Waals surface area contributed by atoms with Crippen LogP contribution >= 0.6 is 35.0 Å². The fourth-order valence-corrected chi connectivity index (χ4v) is 2.39. The molecule has 1 aliphatic carbocycles. The maximum atomic E-state index is 6.10. The van der Waals surface area contributed by atoms with E-state index >= 15 is 0 Å². The molecule has 0 aliphatic heterocycles. The van der Waals surface area contributed by atoms with E-state index in [1.807, 2.05) is 18.3 Å². The lowest BCUT2D eigenvalue weighted by atomic mass is 10.1. The van der Waals surface area contributed by atoms with Crippen LogP contribution in [0, 0.1) is 9.49 Å². The van der Waals surface area contributed by atoms with E-state index in [-0.39, 0.29) is 18.6 Å². The minimum atomic E-state index is 0. The summed E-state index contributed by atoms with van der Waals surface area (Å²) in [6.07, 6.45) is 7.04. The Labute approximate surface area is 116 Å². The summed E-state index contributed by atoms with van der Waals surface area (Å²) in [5.74, 6) is 1.50. The minimum Gasteiger partial charge on any atom is -0.355 e. The van der Waals surface area contributed by atoms with Gasteiger partial charge in [0, 0.05) is 9.77 Å². The molecule has 1 aromatic rings.